The van der Waals surface area contributed by atoms with Gasteiger partial charge in [0.25, 0.3) is 0 Å². The van der Waals surface area contributed by atoms with Crippen molar-refractivity contribution in [1.29, 1.82) is 0 Å². The summed E-state index contributed by atoms with van der Waals surface area (Å²) >= 11 is 6.04. The number of halogens is 1. The van der Waals surface area contributed by atoms with E-state index in [1.807, 2.05) is 22.9 Å². The lowest BCUT2D eigenvalue weighted by Crippen LogP contribution is -2.04. The maximum Gasteiger partial charge on any atom is 0.188 e. The van der Waals surface area contributed by atoms with Crippen molar-refractivity contribution in [1.82, 2.24) is 9.78 Å². The van der Waals surface area contributed by atoms with Gasteiger partial charge in [-0.1, -0.05) is 24.9 Å². The van der Waals surface area contributed by atoms with Crippen molar-refractivity contribution in [2.24, 2.45) is 0 Å². The summed E-state index contributed by atoms with van der Waals surface area (Å²) in [6.07, 6.45) is 4.03. The normalized spacial score (nSPS) is 10.8. The predicted octanol–water partition coefficient (Wildman–Crippen LogP) is 3.99. The molecule has 1 heterocycles. The first kappa shape index (κ1) is 14.9. The molecule has 1 aromatic heterocycles. The maximum atomic E-state index is 6.04. The summed E-state index contributed by atoms with van der Waals surface area (Å²) in [5, 5.41) is 5.01. The first-order chi connectivity index (χ1) is 9.76. The molecule has 0 fully saturated rings. The van der Waals surface area contributed by atoms with Crippen LogP contribution in [0.3, 0.4) is 0 Å². The summed E-state index contributed by atoms with van der Waals surface area (Å²) < 4.78 is 12.6. The van der Waals surface area contributed by atoms with Crippen LogP contribution < -0.4 is 4.74 Å². The Kier molecular flexibility index (Phi) is 5.44. The summed E-state index contributed by atoms with van der Waals surface area (Å²) in [6.45, 7) is 3.25. The number of rotatable bonds is 7. The Bertz CT molecular complexity index is 555. The van der Waals surface area contributed by atoms with Crippen LogP contribution in [0, 0.1) is 0 Å². The number of nitrogens with zero attached hydrogens (tertiary/aromatic N) is 2. The van der Waals surface area contributed by atoms with Crippen molar-refractivity contribution in [3.05, 3.63) is 35.5 Å². The van der Waals surface area contributed by atoms with Crippen LogP contribution in [0.2, 0.25) is 5.02 Å². The second-order valence-electron chi connectivity index (χ2n) is 4.48. The summed E-state index contributed by atoms with van der Waals surface area (Å²) in [5.74, 6) is 0.706. The summed E-state index contributed by atoms with van der Waals surface area (Å²) in [5.41, 5.74) is 2.00. The first-order valence-corrected chi connectivity index (χ1v) is 7.07. The van der Waals surface area contributed by atoms with Crippen molar-refractivity contribution in [3.63, 3.8) is 0 Å². The van der Waals surface area contributed by atoms with Gasteiger partial charge in [-0.2, -0.15) is 5.10 Å². The van der Waals surface area contributed by atoms with Crippen LogP contribution in [0.5, 0.6) is 5.75 Å². The van der Waals surface area contributed by atoms with Crippen LogP contribution in [0.25, 0.3) is 11.3 Å². The number of aryl methyl sites for hydroxylation is 1. The van der Waals surface area contributed by atoms with E-state index < -0.39 is 0 Å². The molecule has 4 nitrogen and oxygen atoms in total. The average molecular weight is 295 g/mol. The lowest BCUT2D eigenvalue weighted by atomic mass is 10.1. The van der Waals surface area contributed by atoms with E-state index in [0.29, 0.717) is 10.8 Å². The highest BCUT2D eigenvalue weighted by Gasteiger charge is 2.12. The summed E-state index contributed by atoms with van der Waals surface area (Å²) in [7, 11) is 1.59. The molecule has 0 saturated heterocycles. The van der Waals surface area contributed by atoms with Crippen LogP contribution in [0.15, 0.2) is 30.5 Å². The molecule has 0 atom stereocenters. The Balaban J connectivity index is 2.33. The van der Waals surface area contributed by atoms with Gasteiger partial charge in [0.2, 0.25) is 0 Å². The van der Waals surface area contributed by atoms with Gasteiger partial charge in [-0.05, 0) is 30.7 Å². The van der Waals surface area contributed by atoms with Crippen LogP contribution in [0.4, 0.5) is 0 Å². The highest BCUT2D eigenvalue weighted by atomic mass is 35.5. The van der Waals surface area contributed by atoms with E-state index in [-0.39, 0.29) is 6.79 Å². The number of hydrogen-bond acceptors (Lipinski definition) is 3. The smallest absolute Gasteiger partial charge is 0.188 e. The molecule has 5 heteroatoms. The van der Waals surface area contributed by atoms with Crippen molar-refractivity contribution >= 4 is 11.6 Å². The van der Waals surface area contributed by atoms with Gasteiger partial charge in [0.05, 0.1) is 5.69 Å². The highest BCUT2D eigenvalue weighted by Crippen LogP contribution is 2.32. The zero-order valence-electron chi connectivity index (χ0n) is 11.8. The van der Waals surface area contributed by atoms with E-state index in [9.17, 15) is 0 Å². The second kappa shape index (κ2) is 7.31. The Labute approximate surface area is 124 Å². The SMILES string of the molecule is CCCCn1nccc1-c1ccc(Cl)cc1OCOC. The van der Waals surface area contributed by atoms with Gasteiger partial charge < -0.3 is 9.47 Å². The minimum atomic E-state index is 0.191. The van der Waals surface area contributed by atoms with Crippen LogP contribution in [0.1, 0.15) is 19.8 Å². The number of benzene rings is 1. The predicted molar refractivity (Wildman–Crippen MR) is 80.1 cm³/mol. The van der Waals surface area contributed by atoms with E-state index in [1.54, 1.807) is 19.4 Å². The number of ether oxygens (including phenoxy) is 2. The van der Waals surface area contributed by atoms with Crippen molar-refractivity contribution in [3.8, 4) is 17.0 Å². The Morgan fingerprint density at radius 2 is 2.15 bits per heavy atom. The van der Waals surface area contributed by atoms with Gasteiger partial charge in [0, 0.05) is 30.4 Å². The lowest BCUT2D eigenvalue weighted by molar-refractivity contribution is 0.0515. The molecule has 0 spiro atoms. The summed E-state index contributed by atoms with van der Waals surface area (Å²) in [4.78, 5) is 0. The molecule has 0 aliphatic heterocycles. The zero-order valence-corrected chi connectivity index (χ0v) is 12.6. The number of unbranched alkanes of at least 4 members (excludes halogenated alkanes) is 1. The van der Waals surface area contributed by atoms with Gasteiger partial charge >= 0.3 is 0 Å². The average Bonchev–Trinajstić information content (AvgIpc) is 2.91. The fraction of sp³-hybridized carbons (Fsp3) is 0.400. The van der Waals surface area contributed by atoms with E-state index in [0.717, 1.165) is 30.6 Å². The topological polar surface area (TPSA) is 36.3 Å². The molecule has 0 bridgehead atoms. The molecule has 20 heavy (non-hydrogen) atoms. The third-order valence-electron chi connectivity index (χ3n) is 2.99. The summed E-state index contributed by atoms with van der Waals surface area (Å²) in [6, 6.07) is 7.59. The second-order valence-corrected chi connectivity index (χ2v) is 4.92. The van der Waals surface area contributed by atoms with Crippen LogP contribution in [-0.2, 0) is 11.3 Å². The van der Waals surface area contributed by atoms with Crippen molar-refractivity contribution in [2.75, 3.05) is 13.9 Å². The van der Waals surface area contributed by atoms with Crippen LogP contribution in [-0.4, -0.2) is 23.7 Å². The number of aromatic nitrogens is 2. The van der Waals surface area contributed by atoms with Crippen molar-refractivity contribution in [2.45, 2.75) is 26.3 Å². The molecule has 2 rings (SSSR count). The van der Waals surface area contributed by atoms with Gasteiger partial charge in [-0.25, -0.2) is 0 Å². The Morgan fingerprint density at radius 1 is 1.30 bits per heavy atom. The first-order valence-electron chi connectivity index (χ1n) is 6.69. The molecule has 0 saturated carbocycles. The Morgan fingerprint density at radius 3 is 2.90 bits per heavy atom. The minimum absolute atomic E-state index is 0.191. The van der Waals surface area contributed by atoms with Gasteiger partial charge in [-0.3, -0.25) is 4.68 Å². The number of methoxy groups -OCH3 is 1. The zero-order chi connectivity index (χ0) is 14.4. The molecule has 108 valence electrons. The molecule has 0 aliphatic rings. The van der Waals surface area contributed by atoms with Gasteiger partial charge in [0.1, 0.15) is 5.75 Å². The number of hydrogen-bond donors (Lipinski definition) is 0. The van der Waals surface area contributed by atoms with Crippen molar-refractivity contribution < 1.29 is 9.47 Å². The van der Waals surface area contributed by atoms with Crippen LogP contribution >= 0.6 is 11.6 Å². The molecule has 0 aliphatic carbocycles. The largest absolute Gasteiger partial charge is 0.467 e. The molecule has 0 amide bonds. The van der Waals surface area contributed by atoms with E-state index >= 15 is 0 Å². The molecule has 0 radical (unpaired) electrons. The van der Waals surface area contributed by atoms with E-state index in [4.69, 9.17) is 21.1 Å². The fourth-order valence-electron chi connectivity index (χ4n) is 2.00. The fourth-order valence-corrected chi connectivity index (χ4v) is 2.16. The lowest BCUT2D eigenvalue weighted by Gasteiger charge is -2.13. The minimum Gasteiger partial charge on any atom is -0.467 e. The highest BCUT2D eigenvalue weighted by molar-refractivity contribution is 6.30. The molecule has 0 N–H and O–H groups in total. The molecule has 2 aromatic rings. The quantitative estimate of drug-likeness (QED) is 0.725. The standard InChI is InChI=1S/C15H19ClN2O2/c1-3-4-9-18-14(7-8-17-18)13-6-5-12(16)10-15(13)20-11-19-2/h5-8,10H,3-4,9,11H2,1-2H3. The molecular formula is C15H19ClN2O2. The van der Waals surface area contributed by atoms with Gasteiger partial charge in [0.15, 0.2) is 6.79 Å². The third kappa shape index (κ3) is 3.52. The molecule has 1 aromatic carbocycles. The molecule has 0 unspecified atom stereocenters. The van der Waals surface area contributed by atoms with E-state index in [2.05, 4.69) is 12.0 Å². The third-order valence-corrected chi connectivity index (χ3v) is 3.23. The molecular weight excluding hydrogens is 276 g/mol. The Hall–Kier alpha value is -1.52. The maximum absolute atomic E-state index is 6.04. The van der Waals surface area contributed by atoms with E-state index in [1.165, 1.54) is 0 Å². The van der Waals surface area contributed by atoms with Gasteiger partial charge in [-0.15, -0.1) is 0 Å². The monoisotopic (exact) mass is 294 g/mol.